The summed E-state index contributed by atoms with van der Waals surface area (Å²) in [7, 11) is 0. The lowest BCUT2D eigenvalue weighted by Crippen LogP contribution is -2.45. The normalized spacial score (nSPS) is 22.2. The summed E-state index contributed by atoms with van der Waals surface area (Å²) in [5.74, 6) is 0. The fourth-order valence-corrected chi connectivity index (χ4v) is 1.31. The molecule has 1 radical (unpaired) electrons. The molecule has 0 aromatic carbocycles. The molecule has 1 aliphatic heterocycles. The van der Waals surface area contributed by atoms with E-state index in [4.69, 9.17) is 0 Å². The fraction of sp³-hybridized carbons (Fsp3) is 0.444. The van der Waals surface area contributed by atoms with Crippen molar-refractivity contribution < 1.29 is 4.39 Å². The van der Waals surface area contributed by atoms with Gasteiger partial charge in [-0.2, -0.15) is 0 Å². The Labute approximate surface area is 71.0 Å². The van der Waals surface area contributed by atoms with E-state index < -0.39 is 6.30 Å². The average Bonchev–Trinajstić information content (AvgIpc) is 2.06. The quantitative estimate of drug-likeness (QED) is 0.589. The van der Waals surface area contributed by atoms with Crippen LogP contribution in [0.3, 0.4) is 0 Å². The number of aromatic nitrogens is 1. The van der Waals surface area contributed by atoms with Gasteiger partial charge in [-0.3, -0.25) is 4.98 Å². The predicted molar refractivity (Wildman–Crippen MR) is 44.7 cm³/mol. The van der Waals surface area contributed by atoms with Crippen molar-refractivity contribution in [3.8, 4) is 0 Å². The first-order valence-electron chi connectivity index (χ1n) is 4.03. The Kier molecular flexibility index (Phi) is 1.71. The Morgan fingerprint density at radius 2 is 2.58 bits per heavy atom. The summed E-state index contributed by atoms with van der Waals surface area (Å²) < 4.78 is 12.9. The molecule has 3 heteroatoms. The second kappa shape index (κ2) is 2.73. The first-order chi connectivity index (χ1) is 5.79. The van der Waals surface area contributed by atoms with Gasteiger partial charge in [0.25, 0.3) is 0 Å². The van der Waals surface area contributed by atoms with Crippen LogP contribution < -0.4 is 4.90 Å². The van der Waals surface area contributed by atoms with Crippen LogP contribution in [0.15, 0.2) is 12.3 Å². The summed E-state index contributed by atoms with van der Waals surface area (Å²) in [6.07, 6.45) is 4.28. The number of rotatable bonds is 1. The molecule has 0 aliphatic carbocycles. The molecule has 1 aliphatic rings. The van der Waals surface area contributed by atoms with Gasteiger partial charge in [0.1, 0.15) is 6.20 Å². The summed E-state index contributed by atoms with van der Waals surface area (Å²) in [5, 5.41) is 0. The zero-order valence-electron chi connectivity index (χ0n) is 6.92. The van der Waals surface area contributed by atoms with Crippen LogP contribution >= 0.6 is 0 Å². The SMILES string of the molecule is Cc1ccn[c]c1N1CCC1F. The first-order valence-corrected chi connectivity index (χ1v) is 4.03. The van der Waals surface area contributed by atoms with Gasteiger partial charge in [0.2, 0.25) is 0 Å². The van der Waals surface area contributed by atoms with E-state index >= 15 is 0 Å². The molecular formula is C9H10FN2. The molecule has 2 nitrogen and oxygen atoms in total. The molecule has 0 spiro atoms. The van der Waals surface area contributed by atoms with Crippen LogP contribution in [0.25, 0.3) is 0 Å². The third-order valence-corrected chi connectivity index (χ3v) is 2.18. The smallest absolute Gasteiger partial charge is 0.174 e. The molecule has 1 saturated heterocycles. The van der Waals surface area contributed by atoms with Crippen LogP contribution in [0.5, 0.6) is 0 Å². The number of hydrogen-bond donors (Lipinski definition) is 0. The third kappa shape index (κ3) is 1.05. The highest BCUT2D eigenvalue weighted by atomic mass is 19.1. The molecule has 1 aromatic heterocycles. The minimum Gasteiger partial charge on any atom is -0.340 e. The molecular weight excluding hydrogens is 155 g/mol. The van der Waals surface area contributed by atoms with E-state index in [1.54, 1.807) is 11.1 Å². The van der Waals surface area contributed by atoms with Gasteiger partial charge < -0.3 is 4.90 Å². The van der Waals surface area contributed by atoms with Gasteiger partial charge in [0.05, 0.1) is 5.69 Å². The van der Waals surface area contributed by atoms with Gasteiger partial charge in [-0.05, 0) is 18.6 Å². The number of nitrogens with zero attached hydrogens (tertiary/aromatic N) is 2. The summed E-state index contributed by atoms with van der Waals surface area (Å²) in [4.78, 5) is 5.53. The summed E-state index contributed by atoms with van der Waals surface area (Å²) in [6.45, 7) is 2.72. The highest BCUT2D eigenvalue weighted by Crippen LogP contribution is 2.28. The zero-order chi connectivity index (χ0) is 8.55. The lowest BCUT2D eigenvalue weighted by atomic mass is 10.1. The van der Waals surface area contributed by atoms with Crippen molar-refractivity contribution in [1.29, 1.82) is 0 Å². The Morgan fingerprint density at radius 3 is 3.08 bits per heavy atom. The number of halogens is 1. The van der Waals surface area contributed by atoms with Crippen molar-refractivity contribution in [2.45, 2.75) is 19.6 Å². The largest absolute Gasteiger partial charge is 0.340 e. The van der Waals surface area contributed by atoms with Crippen molar-refractivity contribution in [3.63, 3.8) is 0 Å². The molecule has 0 saturated carbocycles. The van der Waals surface area contributed by atoms with E-state index in [2.05, 4.69) is 11.2 Å². The molecule has 1 atom stereocenters. The molecule has 0 N–H and O–H groups in total. The van der Waals surface area contributed by atoms with Crippen LogP contribution in [0, 0.1) is 13.1 Å². The summed E-state index contributed by atoms with van der Waals surface area (Å²) >= 11 is 0. The third-order valence-electron chi connectivity index (χ3n) is 2.18. The lowest BCUT2D eigenvalue weighted by molar-refractivity contribution is 0.236. The molecule has 1 fully saturated rings. The average molecular weight is 165 g/mol. The molecule has 63 valence electrons. The maximum absolute atomic E-state index is 12.9. The number of anilines is 1. The Bertz CT molecular complexity index is 288. The van der Waals surface area contributed by atoms with Gasteiger partial charge >= 0.3 is 0 Å². The van der Waals surface area contributed by atoms with Crippen LogP contribution in [-0.4, -0.2) is 17.8 Å². The summed E-state index contributed by atoms with van der Waals surface area (Å²) in [6, 6.07) is 1.87. The number of hydrogen-bond acceptors (Lipinski definition) is 2. The van der Waals surface area contributed by atoms with Crippen LogP contribution in [0.1, 0.15) is 12.0 Å². The Morgan fingerprint density at radius 1 is 1.75 bits per heavy atom. The van der Waals surface area contributed by atoms with Crippen molar-refractivity contribution >= 4 is 5.69 Å². The lowest BCUT2D eigenvalue weighted by Gasteiger charge is -2.37. The molecule has 0 amide bonds. The number of pyridine rings is 1. The van der Waals surface area contributed by atoms with Crippen molar-refractivity contribution in [1.82, 2.24) is 4.98 Å². The van der Waals surface area contributed by atoms with Gasteiger partial charge in [-0.15, -0.1) is 0 Å². The van der Waals surface area contributed by atoms with E-state index in [0.29, 0.717) is 6.42 Å². The molecule has 1 aromatic rings. The van der Waals surface area contributed by atoms with Crippen molar-refractivity contribution in [3.05, 3.63) is 24.0 Å². The highest BCUT2D eigenvalue weighted by Gasteiger charge is 2.28. The van der Waals surface area contributed by atoms with E-state index in [-0.39, 0.29) is 0 Å². The highest BCUT2D eigenvalue weighted by molar-refractivity contribution is 5.52. The van der Waals surface area contributed by atoms with E-state index in [9.17, 15) is 4.39 Å². The van der Waals surface area contributed by atoms with Crippen LogP contribution in [0.2, 0.25) is 0 Å². The van der Waals surface area contributed by atoms with Crippen LogP contribution in [-0.2, 0) is 0 Å². The summed E-state index contributed by atoms with van der Waals surface area (Å²) in [5.41, 5.74) is 1.84. The van der Waals surface area contributed by atoms with Gasteiger partial charge in [0.15, 0.2) is 6.30 Å². The first kappa shape index (κ1) is 7.53. The minimum absolute atomic E-state index is 0.627. The monoisotopic (exact) mass is 165 g/mol. The topological polar surface area (TPSA) is 16.1 Å². The molecule has 12 heavy (non-hydrogen) atoms. The second-order valence-electron chi connectivity index (χ2n) is 3.00. The van der Waals surface area contributed by atoms with E-state index in [1.807, 2.05) is 13.0 Å². The predicted octanol–water partition coefficient (Wildman–Crippen LogP) is 1.70. The van der Waals surface area contributed by atoms with Gasteiger partial charge in [0, 0.05) is 19.2 Å². The van der Waals surface area contributed by atoms with Crippen LogP contribution in [0.4, 0.5) is 10.1 Å². The maximum atomic E-state index is 12.9. The standard InChI is InChI=1S/C9H10FN2/c1-7-2-4-11-6-8(7)12-5-3-9(12)10/h2,4,9H,3,5H2,1H3. The fourth-order valence-electron chi connectivity index (χ4n) is 1.31. The van der Waals surface area contributed by atoms with Gasteiger partial charge in [-0.25, -0.2) is 4.39 Å². The van der Waals surface area contributed by atoms with E-state index in [0.717, 1.165) is 17.8 Å². The van der Waals surface area contributed by atoms with E-state index in [1.165, 1.54) is 0 Å². The Balaban J connectivity index is 2.27. The maximum Gasteiger partial charge on any atom is 0.174 e. The number of aryl methyl sites for hydroxylation is 1. The zero-order valence-corrected chi connectivity index (χ0v) is 6.92. The minimum atomic E-state index is -0.829. The molecule has 2 rings (SSSR count). The second-order valence-corrected chi connectivity index (χ2v) is 3.00. The Hall–Kier alpha value is -1.12. The molecule has 2 heterocycles. The van der Waals surface area contributed by atoms with Crippen molar-refractivity contribution in [2.75, 3.05) is 11.4 Å². The van der Waals surface area contributed by atoms with Gasteiger partial charge in [-0.1, -0.05) is 0 Å². The van der Waals surface area contributed by atoms with Crippen molar-refractivity contribution in [2.24, 2.45) is 0 Å². The molecule has 0 bridgehead atoms. The molecule has 1 unspecified atom stereocenters. The number of alkyl halides is 1.